The van der Waals surface area contributed by atoms with E-state index in [1.807, 2.05) is 6.92 Å². The number of hydrogen-bond donors (Lipinski definition) is 0. The van der Waals surface area contributed by atoms with Gasteiger partial charge in [0, 0.05) is 0 Å². The van der Waals surface area contributed by atoms with Crippen LogP contribution in [0.2, 0.25) is 0 Å². The van der Waals surface area contributed by atoms with Crippen molar-refractivity contribution < 1.29 is 38.1 Å². The predicted molar refractivity (Wildman–Crippen MR) is 127 cm³/mol. The molecule has 0 saturated heterocycles. The largest absolute Gasteiger partial charge is 0.462 e. The standard InChI is InChI=1S/C27H36O8/c1-19-12-13-22(34-26(30)16-14-24(28)32-20-8-4-2-5-9-20)23(18-19)35-27(31)17-15-25(29)33-21-10-6-3-7-11-21/h12-13,18,20-21H,2-11,14-17H2,1H3. The van der Waals surface area contributed by atoms with Crippen molar-refractivity contribution in [2.24, 2.45) is 0 Å². The van der Waals surface area contributed by atoms with Crippen LogP contribution in [0.5, 0.6) is 11.5 Å². The predicted octanol–water partition coefficient (Wildman–Crippen LogP) is 5.12. The third-order valence-electron chi connectivity index (χ3n) is 6.31. The van der Waals surface area contributed by atoms with Gasteiger partial charge in [-0.2, -0.15) is 0 Å². The lowest BCUT2D eigenvalue weighted by Gasteiger charge is -2.21. The number of rotatable bonds is 10. The van der Waals surface area contributed by atoms with Crippen molar-refractivity contribution in [3.63, 3.8) is 0 Å². The second-order valence-electron chi connectivity index (χ2n) is 9.40. The molecule has 2 saturated carbocycles. The maximum atomic E-state index is 12.3. The van der Waals surface area contributed by atoms with Crippen molar-refractivity contribution >= 4 is 23.9 Å². The SMILES string of the molecule is Cc1ccc(OC(=O)CCC(=O)OC2CCCCC2)c(OC(=O)CCC(=O)OC2CCCCC2)c1. The Kier molecular flexibility index (Phi) is 10.6. The molecule has 2 aliphatic carbocycles. The minimum absolute atomic E-state index is 0.0599. The van der Waals surface area contributed by atoms with Gasteiger partial charge in [0.1, 0.15) is 12.2 Å². The molecule has 0 spiro atoms. The molecule has 35 heavy (non-hydrogen) atoms. The van der Waals surface area contributed by atoms with Crippen LogP contribution in [0.15, 0.2) is 18.2 Å². The maximum absolute atomic E-state index is 12.3. The van der Waals surface area contributed by atoms with Crippen molar-refractivity contribution in [2.45, 2.75) is 109 Å². The highest BCUT2D eigenvalue weighted by Gasteiger charge is 2.21. The Labute approximate surface area is 206 Å². The third-order valence-corrected chi connectivity index (χ3v) is 6.31. The summed E-state index contributed by atoms with van der Waals surface area (Å²) in [4.78, 5) is 48.7. The molecule has 0 heterocycles. The summed E-state index contributed by atoms with van der Waals surface area (Å²) >= 11 is 0. The van der Waals surface area contributed by atoms with E-state index in [1.165, 1.54) is 6.07 Å². The molecule has 0 aromatic heterocycles. The molecule has 0 unspecified atom stereocenters. The molecule has 2 aliphatic rings. The Morgan fingerprint density at radius 2 is 1.06 bits per heavy atom. The first kappa shape index (κ1) is 26.7. The van der Waals surface area contributed by atoms with Crippen LogP contribution in [0.3, 0.4) is 0 Å². The highest BCUT2D eigenvalue weighted by atomic mass is 16.6. The first-order chi connectivity index (χ1) is 16.9. The van der Waals surface area contributed by atoms with Crippen molar-refractivity contribution in [1.82, 2.24) is 0 Å². The van der Waals surface area contributed by atoms with E-state index < -0.39 is 23.9 Å². The Bertz CT molecular complexity index is 881. The van der Waals surface area contributed by atoms with E-state index in [9.17, 15) is 19.2 Å². The zero-order valence-electron chi connectivity index (χ0n) is 20.6. The molecule has 0 bridgehead atoms. The van der Waals surface area contributed by atoms with E-state index in [1.54, 1.807) is 12.1 Å². The first-order valence-electron chi connectivity index (χ1n) is 12.8. The summed E-state index contributed by atoms with van der Waals surface area (Å²) in [6.07, 6.45) is 9.46. The Balaban J connectivity index is 1.43. The third kappa shape index (κ3) is 9.70. The van der Waals surface area contributed by atoms with Crippen LogP contribution in [-0.4, -0.2) is 36.1 Å². The van der Waals surface area contributed by atoms with Gasteiger partial charge in [-0.25, -0.2) is 0 Å². The van der Waals surface area contributed by atoms with Gasteiger partial charge in [-0.1, -0.05) is 18.9 Å². The smallest absolute Gasteiger partial charge is 0.311 e. The van der Waals surface area contributed by atoms with E-state index in [0.717, 1.165) is 69.8 Å². The first-order valence-corrected chi connectivity index (χ1v) is 12.8. The van der Waals surface area contributed by atoms with Gasteiger partial charge in [0.2, 0.25) is 0 Å². The maximum Gasteiger partial charge on any atom is 0.311 e. The van der Waals surface area contributed by atoms with Crippen LogP contribution in [0.25, 0.3) is 0 Å². The average molecular weight is 489 g/mol. The number of aryl methyl sites for hydroxylation is 1. The van der Waals surface area contributed by atoms with Crippen molar-refractivity contribution in [3.8, 4) is 11.5 Å². The normalized spacial score (nSPS) is 16.8. The second kappa shape index (κ2) is 13.9. The van der Waals surface area contributed by atoms with Crippen molar-refractivity contribution in [1.29, 1.82) is 0 Å². The molecule has 3 rings (SSSR count). The average Bonchev–Trinajstić information content (AvgIpc) is 2.84. The van der Waals surface area contributed by atoms with E-state index in [4.69, 9.17) is 18.9 Å². The number of hydrogen-bond acceptors (Lipinski definition) is 8. The summed E-state index contributed by atoms with van der Waals surface area (Å²) in [5.74, 6) is -1.89. The minimum atomic E-state index is -0.622. The van der Waals surface area contributed by atoms with Gasteiger partial charge in [-0.05, 0) is 76.0 Å². The summed E-state index contributed by atoms with van der Waals surface area (Å²) < 4.78 is 21.6. The van der Waals surface area contributed by atoms with Gasteiger partial charge in [0.05, 0.1) is 25.7 Å². The van der Waals surface area contributed by atoms with Gasteiger partial charge in [0.15, 0.2) is 11.5 Å². The topological polar surface area (TPSA) is 105 Å². The summed E-state index contributed by atoms with van der Waals surface area (Å²) in [6, 6.07) is 4.84. The molecule has 8 heteroatoms. The Morgan fingerprint density at radius 3 is 1.54 bits per heavy atom. The number of esters is 4. The lowest BCUT2D eigenvalue weighted by molar-refractivity contribution is -0.153. The Morgan fingerprint density at radius 1 is 0.629 bits per heavy atom. The van der Waals surface area contributed by atoms with E-state index in [2.05, 4.69) is 0 Å². The van der Waals surface area contributed by atoms with Gasteiger partial charge in [0.25, 0.3) is 0 Å². The van der Waals surface area contributed by atoms with Crippen molar-refractivity contribution in [2.75, 3.05) is 0 Å². The van der Waals surface area contributed by atoms with Gasteiger partial charge in [-0.15, -0.1) is 0 Å². The van der Waals surface area contributed by atoms with Crippen LogP contribution in [0.1, 0.15) is 95.5 Å². The van der Waals surface area contributed by atoms with E-state index in [0.29, 0.717) is 0 Å². The lowest BCUT2D eigenvalue weighted by atomic mass is 9.98. The molecule has 1 aromatic rings. The number of carbonyl (C=O) groups is 4. The van der Waals surface area contributed by atoms with Crippen LogP contribution in [-0.2, 0) is 28.7 Å². The molecule has 0 atom stereocenters. The molecule has 0 N–H and O–H groups in total. The molecule has 0 radical (unpaired) electrons. The van der Waals surface area contributed by atoms with Gasteiger partial charge in [-0.3, -0.25) is 19.2 Å². The van der Waals surface area contributed by atoms with Crippen LogP contribution < -0.4 is 9.47 Å². The highest BCUT2D eigenvalue weighted by molar-refractivity contribution is 5.81. The van der Waals surface area contributed by atoms with Crippen LogP contribution >= 0.6 is 0 Å². The fourth-order valence-corrected chi connectivity index (χ4v) is 4.39. The van der Waals surface area contributed by atoms with Gasteiger partial charge < -0.3 is 18.9 Å². The molecule has 0 amide bonds. The molecule has 0 aliphatic heterocycles. The fourth-order valence-electron chi connectivity index (χ4n) is 4.39. The quantitative estimate of drug-likeness (QED) is 0.330. The molecule has 2 fully saturated rings. The summed E-state index contributed by atoms with van der Waals surface area (Å²) in [5.41, 5.74) is 0.806. The van der Waals surface area contributed by atoms with E-state index in [-0.39, 0.29) is 49.4 Å². The summed E-state index contributed by atoms with van der Waals surface area (Å²) in [6.45, 7) is 1.81. The van der Waals surface area contributed by atoms with Crippen LogP contribution in [0, 0.1) is 6.92 Å². The van der Waals surface area contributed by atoms with Crippen molar-refractivity contribution in [3.05, 3.63) is 23.8 Å². The van der Waals surface area contributed by atoms with E-state index >= 15 is 0 Å². The molecule has 1 aromatic carbocycles. The summed E-state index contributed by atoms with van der Waals surface area (Å²) in [5, 5.41) is 0. The Hall–Kier alpha value is -2.90. The van der Waals surface area contributed by atoms with Crippen LogP contribution in [0.4, 0.5) is 0 Å². The monoisotopic (exact) mass is 488 g/mol. The zero-order chi connectivity index (χ0) is 25.0. The minimum Gasteiger partial charge on any atom is -0.462 e. The lowest BCUT2D eigenvalue weighted by Crippen LogP contribution is -2.22. The zero-order valence-corrected chi connectivity index (χ0v) is 20.6. The van der Waals surface area contributed by atoms with Gasteiger partial charge >= 0.3 is 23.9 Å². The number of carbonyl (C=O) groups excluding carboxylic acids is 4. The second-order valence-corrected chi connectivity index (χ2v) is 9.40. The molecular formula is C27H36O8. The molecule has 8 nitrogen and oxygen atoms in total. The summed E-state index contributed by atoms with van der Waals surface area (Å²) in [7, 11) is 0. The fraction of sp³-hybridized carbons (Fsp3) is 0.630. The molecule has 192 valence electrons. The number of benzene rings is 1. The highest BCUT2D eigenvalue weighted by Crippen LogP contribution is 2.29. The molecular weight excluding hydrogens is 452 g/mol. The number of ether oxygens (including phenoxy) is 4.